The lowest BCUT2D eigenvalue weighted by molar-refractivity contribution is 0.0591. The molecule has 1 saturated heterocycles. The van der Waals surface area contributed by atoms with Crippen LogP contribution in [0.15, 0.2) is 0 Å². The van der Waals surface area contributed by atoms with Crippen LogP contribution in [0.1, 0.15) is 33.5 Å². The largest absolute Gasteiger partial charge is 0.464 e. The fourth-order valence-corrected chi connectivity index (χ4v) is 4.17. The first-order valence-corrected chi connectivity index (χ1v) is 7.92. The molecule has 0 aromatic carbocycles. The molecule has 0 aliphatic carbocycles. The topological polar surface area (TPSA) is 59.5 Å². The van der Waals surface area contributed by atoms with Gasteiger partial charge in [-0.05, 0) is 12.2 Å². The predicted octanol–water partition coefficient (Wildman–Crippen LogP) is 2.07. The summed E-state index contributed by atoms with van der Waals surface area (Å²) in [4.78, 5) is 29.9. The molecule has 104 valence electrons. The highest BCUT2D eigenvalue weighted by Crippen LogP contribution is 2.31. The molecular weight excluding hydrogens is 284 g/mol. The number of Topliss-reactive ketones (excluding diaryl/α,β-unsaturated/α-hetero) is 1. The molecule has 0 radical (unpaired) electrons. The molecular formula is C12H16N2O3S2. The molecule has 2 rings (SSSR count). The third-order valence-electron chi connectivity index (χ3n) is 3.07. The van der Waals surface area contributed by atoms with E-state index in [0.717, 1.165) is 17.9 Å². The van der Waals surface area contributed by atoms with E-state index in [-0.39, 0.29) is 11.5 Å². The van der Waals surface area contributed by atoms with Crippen molar-refractivity contribution in [2.75, 3.05) is 30.6 Å². The zero-order valence-electron chi connectivity index (χ0n) is 11.1. The van der Waals surface area contributed by atoms with Gasteiger partial charge in [-0.2, -0.15) is 11.8 Å². The third kappa shape index (κ3) is 2.92. The van der Waals surface area contributed by atoms with Gasteiger partial charge in [0.25, 0.3) is 0 Å². The van der Waals surface area contributed by atoms with Crippen LogP contribution in [-0.4, -0.2) is 48.4 Å². The molecule has 5 nitrogen and oxygen atoms in total. The van der Waals surface area contributed by atoms with Crippen LogP contribution in [0.3, 0.4) is 0 Å². The van der Waals surface area contributed by atoms with E-state index in [1.165, 1.54) is 25.4 Å². The Morgan fingerprint density at radius 1 is 1.47 bits per heavy atom. The molecule has 0 amide bonds. The minimum absolute atomic E-state index is 0.132. The number of esters is 1. The monoisotopic (exact) mass is 300 g/mol. The Kier molecular flexibility index (Phi) is 4.46. The Hall–Kier alpha value is -1.08. The maximum absolute atomic E-state index is 11.6. The van der Waals surface area contributed by atoms with Gasteiger partial charge in [-0.3, -0.25) is 4.79 Å². The first kappa shape index (κ1) is 14.3. The van der Waals surface area contributed by atoms with Gasteiger partial charge >= 0.3 is 5.97 Å². The van der Waals surface area contributed by atoms with Crippen LogP contribution in [-0.2, 0) is 4.74 Å². The Morgan fingerprint density at radius 3 is 2.74 bits per heavy atom. The predicted molar refractivity (Wildman–Crippen MR) is 77.6 cm³/mol. The van der Waals surface area contributed by atoms with Crippen LogP contribution >= 0.6 is 23.1 Å². The molecule has 1 fully saturated rings. The zero-order chi connectivity index (χ0) is 14.0. The number of aromatic nitrogens is 1. The van der Waals surface area contributed by atoms with Crippen LogP contribution in [0.5, 0.6) is 0 Å². The number of methoxy groups -OCH3 is 1. The summed E-state index contributed by atoms with van der Waals surface area (Å²) in [6, 6.07) is 0.418. The van der Waals surface area contributed by atoms with Gasteiger partial charge in [0.05, 0.1) is 7.11 Å². The van der Waals surface area contributed by atoms with Gasteiger partial charge in [-0.1, -0.05) is 11.3 Å². The Bertz CT molecular complexity index is 495. The highest BCUT2D eigenvalue weighted by molar-refractivity contribution is 7.99. The number of rotatable bonds is 4. The summed E-state index contributed by atoms with van der Waals surface area (Å²) in [6.45, 7) is 1.44. The fourth-order valence-electron chi connectivity index (χ4n) is 1.92. The molecule has 2 heterocycles. The minimum Gasteiger partial charge on any atom is -0.464 e. The molecule has 0 saturated carbocycles. The van der Waals surface area contributed by atoms with Gasteiger partial charge < -0.3 is 9.64 Å². The summed E-state index contributed by atoms with van der Waals surface area (Å²) in [7, 11) is 3.25. The lowest BCUT2D eigenvalue weighted by atomic mass is 10.2. The number of thiazole rings is 1. The second kappa shape index (κ2) is 5.92. The molecule has 19 heavy (non-hydrogen) atoms. The first-order chi connectivity index (χ1) is 9.04. The van der Waals surface area contributed by atoms with Crippen LogP contribution in [0.2, 0.25) is 0 Å². The summed E-state index contributed by atoms with van der Waals surface area (Å²) >= 11 is 3.17. The number of carbonyl (C=O) groups is 2. The van der Waals surface area contributed by atoms with Crippen LogP contribution < -0.4 is 4.90 Å². The number of carbonyl (C=O) groups excluding carboxylic acids is 2. The van der Waals surface area contributed by atoms with Gasteiger partial charge in [0, 0.05) is 25.8 Å². The van der Waals surface area contributed by atoms with E-state index in [0.29, 0.717) is 16.1 Å². The SMILES string of the molecule is COC(=O)c1nc(N(C)C2CCSC2)sc1C(C)=O. The Morgan fingerprint density at radius 2 is 2.21 bits per heavy atom. The molecule has 1 aromatic rings. The van der Waals surface area contributed by atoms with Crippen molar-refractivity contribution in [2.24, 2.45) is 0 Å². The summed E-state index contributed by atoms with van der Waals surface area (Å²) in [5, 5.41) is 0.707. The lowest BCUT2D eigenvalue weighted by Crippen LogP contribution is -2.31. The molecule has 1 atom stereocenters. The van der Waals surface area contributed by atoms with Gasteiger partial charge in [0.1, 0.15) is 4.88 Å². The fraction of sp³-hybridized carbons (Fsp3) is 0.583. The van der Waals surface area contributed by atoms with Crippen molar-refractivity contribution in [1.29, 1.82) is 0 Å². The van der Waals surface area contributed by atoms with E-state index >= 15 is 0 Å². The molecule has 1 unspecified atom stereocenters. The number of hydrogen-bond donors (Lipinski definition) is 0. The molecule has 0 bridgehead atoms. The smallest absolute Gasteiger partial charge is 0.358 e. The van der Waals surface area contributed by atoms with Crippen LogP contribution in [0.4, 0.5) is 5.13 Å². The van der Waals surface area contributed by atoms with E-state index in [2.05, 4.69) is 14.6 Å². The molecule has 1 aliphatic heterocycles. The van der Waals surface area contributed by atoms with E-state index < -0.39 is 5.97 Å². The highest BCUT2D eigenvalue weighted by atomic mass is 32.2. The van der Waals surface area contributed by atoms with Gasteiger partial charge in [-0.15, -0.1) is 0 Å². The second-order valence-electron chi connectivity index (χ2n) is 4.35. The third-order valence-corrected chi connectivity index (χ3v) is 5.46. The average Bonchev–Trinajstić information content (AvgIpc) is 3.05. The number of thioether (sulfide) groups is 1. The van der Waals surface area contributed by atoms with Crippen molar-refractivity contribution in [3.05, 3.63) is 10.6 Å². The zero-order valence-corrected chi connectivity index (χ0v) is 12.8. The number of ether oxygens (including phenoxy) is 1. The van der Waals surface area contributed by atoms with Crippen molar-refractivity contribution in [2.45, 2.75) is 19.4 Å². The van der Waals surface area contributed by atoms with E-state index in [9.17, 15) is 9.59 Å². The van der Waals surface area contributed by atoms with Crippen molar-refractivity contribution in [1.82, 2.24) is 4.98 Å². The summed E-state index contributed by atoms with van der Waals surface area (Å²) in [5.41, 5.74) is 0.132. The standard InChI is InChI=1S/C12H16N2O3S2/c1-7(15)10-9(11(16)17-3)13-12(19-10)14(2)8-4-5-18-6-8/h8H,4-6H2,1-3H3. The Balaban J connectivity index is 2.31. The van der Waals surface area contributed by atoms with Crippen molar-refractivity contribution in [3.63, 3.8) is 0 Å². The summed E-state index contributed by atoms with van der Waals surface area (Å²) in [6.07, 6.45) is 1.10. The quantitative estimate of drug-likeness (QED) is 0.627. The number of hydrogen-bond acceptors (Lipinski definition) is 7. The normalized spacial score (nSPS) is 18.4. The molecule has 0 N–H and O–H groups in total. The van der Waals surface area contributed by atoms with Crippen LogP contribution in [0, 0.1) is 0 Å². The Labute approximate surface area is 120 Å². The minimum atomic E-state index is -0.554. The van der Waals surface area contributed by atoms with Gasteiger partial charge in [-0.25, -0.2) is 9.78 Å². The molecule has 1 aromatic heterocycles. The van der Waals surface area contributed by atoms with Crippen LogP contribution in [0.25, 0.3) is 0 Å². The van der Waals surface area contributed by atoms with Crippen molar-refractivity contribution < 1.29 is 14.3 Å². The van der Waals surface area contributed by atoms with Gasteiger partial charge in [0.15, 0.2) is 16.6 Å². The number of nitrogens with zero attached hydrogens (tertiary/aromatic N) is 2. The lowest BCUT2D eigenvalue weighted by Gasteiger charge is -2.22. The molecule has 0 spiro atoms. The van der Waals surface area contributed by atoms with Crippen molar-refractivity contribution >= 4 is 40.0 Å². The number of ketones is 1. The second-order valence-corrected chi connectivity index (χ2v) is 6.48. The summed E-state index contributed by atoms with van der Waals surface area (Å²) < 4.78 is 4.68. The van der Waals surface area contributed by atoms with E-state index in [1.807, 2.05) is 18.8 Å². The molecule has 1 aliphatic rings. The van der Waals surface area contributed by atoms with E-state index in [1.54, 1.807) is 0 Å². The summed E-state index contributed by atoms with van der Waals surface area (Å²) in [5.74, 6) is 1.49. The van der Waals surface area contributed by atoms with Gasteiger partial charge in [0.2, 0.25) is 0 Å². The van der Waals surface area contributed by atoms with Crippen molar-refractivity contribution in [3.8, 4) is 0 Å². The van der Waals surface area contributed by atoms with E-state index in [4.69, 9.17) is 0 Å². The number of anilines is 1. The first-order valence-electron chi connectivity index (χ1n) is 5.95. The maximum atomic E-state index is 11.6. The maximum Gasteiger partial charge on any atom is 0.358 e. The average molecular weight is 300 g/mol. The highest BCUT2D eigenvalue weighted by Gasteiger charge is 2.27. The molecule has 7 heteroatoms.